The topological polar surface area (TPSA) is 70.7 Å². The Morgan fingerprint density at radius 1 is 1.10 bits per heavy atom. The molecule has 108 valence electrons. The van der Waals surface area contributed by atoms with Crippen molar-refractivity contribution in [3.8, 4) is 0 Å². The number of primary amides is 1. The number of hydrazone groups is 1. The molecule has 5 nitrogen and oxygen atoms in total. The molecule has 2 aromatic carbocycles. The minimum Gasteiger partial charge on any atom is -0.350 e. The fraction of sp³-hybridized carbons (Fsp3) is 0.125. The summed E-state index contributed by atoms with van der Waals surface area (Å²) in [4.78, 5) is 12.6. The number of nitrogens with zero attached hydrogens (tertiary/aromatic N) is 2. The number of nitrogens with two attached hydrogens (primary N) is 1. The molecule has 0 heterocycles. The second kappa shape index (κ2) is 6.56. The van der Waals surface area contributed by atoms with Gasteiger partial charge in [-0.2, -0.15) is 5.10 Å². The van der Waals surface area contributed by atoms with Gasteiger partial charge in [0.25, 0.3) is 0 Å². The van der Waals surface area contributed by atoms with Crippen molar-refractivity contribution in [1.29, 1.82) is 0 Å². The van der Waals surface area contributed by atoms with Crippen molar-refractivity contribution in [2.24, 2.45) is 10.8 Å². The smallest absolute Gasteiger partial charge is 0.332 e. The van der Waals surface area contributed by atoms with Crippen LogP contribution in [0.4, 0.5) is 16.2 Å². The fourth-order valence-corrected chi connectivity index (χ4v) is 1.87. The van der Waals surface area contributed by atoms with Crippen molar-refractivity contribution in [3.05, 3.63) is 59.7 Å². The molecule has 2 amide bonds. The first-order chi connectivity index (χ1) is 10.1. The molecular formula is C16H18N4O. The predicted octanol–water partition coefficient (Wildman–Crippen LogP) is 2.77. The van der Waals surface area contributed by atoms with Crippen LogP contribution in [0.25, 0.3) is 0 Å². The molecule has 0 atom stereocenters. The molecule has 0 aliphatic carbocycles. The summed E-state index contributed by atoms with van der Waals surface area (Å²) in [5, 5.41) is 3.72. The minimum atomic E-state index is -0.679. The lowest BCUT2D eigenvalue weighted by molar-refractivity contribution is 0.249. The van der Waals surface area contributed by atoms with E-state index in [-0.39, 0.29) is 0 Å². The zero-order chi connectivity index (χ0) is 15.2. The van der Waals surface area contributed by atoms with Crippen LogP contribution >= 0.6 is 0 Å². The van der Waals surface area contributed by atoms with Gasteiger partial charge >= 0.3 is 6.03 Å². The van der Waals surface area contributed by atoms with Crippen molar-refractivity contribution in [2.45, 2.75) is 6.92 Å². The molecule has 0 unspecified atom stereocenters. The number of aryl methyl sites for hydroxylation is 1. The summed E-state index contributed by atoms with van der Waals surface area (Å²) >= 11 is 0. The quantitative estimate of drug-likeness (QED) is 0.668. The van der Waals surface area contributed by atoms with Crippen molar-refractivity contribution >= 4 is 23.6 Å². The lowest BCUT2D eigenvalue weighted by Gasteiger charge is -2.19. The van der Waals surface area contributed by atoms with Gasteiger partial charge in [0.05, 0.1) is 6.21 Å². The average molecular weight is 282 g/mol. The maximum atomic E-state index is 10.5. The van der Waals surface area contributed by atoms with E-state index in [2.05, 4.69) is 46.6 Å². The summed E-state index contributed by atoms with van der Waals surface area (Å²) in [5.41, 5.74) is 11.4. The molecule has 0 saturated carbocycles. The zero-order valence-corrected chi connectivity index (χ0v) is 12.1. The monoisotopic (exact) mass is 282 g/mol. The normalized spacial score (nSPS) is 10.6. The van der Waals surface area contributed by atoms with Crippen molar-refractivity contribution in [1.82, 2.24) is 5.43 Å². The molecule has 0 saturated heterocycles. The third kappa shape index (κ3) is 4.07. The van der Waals surface area contributed by atoms with Crippen LogP contribution in [0.3, 0.4) is 0 Å². The van der Waals surface area contributed by atoms with E-state index in [1.165, 1.54) is 5.56 Å². The average Bonchev–Trinajstić information content (AvgIpc) is 2.48. The number of urea groups is 1. The van der Waals surface area contributed by atoms with Crippen molar-refractivity contribution in [3.63, 3.8) is 0 Å². The number of benzene rings is 2. The third-order valence-electron chi connectivity index (χ3n) is 3.09. The second-order valence-corrected chi connectivity index (χ2v) is 4.72. The van der Waals surface area contributed by atoms with Gasteiger partial charge in [0.2, 0.25) is 0 Å². The molecule has 2 aromatic rings. The van der Waals surface area contributed by atoms with E-state index in [1.807, 2.05) is 31.3 Å². The lowest BCUT2D eigenvalue weighted by Crippen LogP contribution is -2.24. The van der Waals surface area contributed by atoms with Crippen LogP contribution in [0, 0.1) is 6.92 Å². The number of rotatable bonds is 4. The van der Waals surface area contributed by atoms with Gasteiger partial charge in [-0.15, -0.1) is 0 Å². The zero-order valence-electron chi connectivity index (χ0n) is 12.1. The first kappa shape index (κ1) is 14.6. The Morgan fingerprint density at radius 2 is 1.62 bits per heavy atom. The number of carbonyl (C=O) groups excluding carboxylic acids is 1. The Balaban J connectivity index is 2.09. The molecule has 2 rings (SSSR count). The first-order valence-corrected chi connectivity index (χ1v) is 6.55. The Bertz CT molecular complexity index is 632. The summed E-state index contributed by atoms with van der Waals surface area (Å²) in [6.07, 6.45) is 1.54. The van der Waals surface area contributed by atoms with E-state index in [0.29, 0.717) is 0 Å². The largest absolute Gasteiger partial charge is 0.350 e. The van der Waals surface area contributed by atoms with Gasteiger partial charge in [0.1, 0.15) is 0 Å². The van der Waals surface area contributed by atoms with Crippen LogP contribution in [0.1, 0.15) is 11.1 Å². The summed E-state index contributed by atoms with van der Waals surface area (Å²) < 4.78 is 0. The highest BCUT2D eigenvalue weighted by Gasteiger charge is 2.03. The summed E-state index contributed by atoms with van der Waals surface area (Å²) in [5.74, 6) is 0. The summed E-state index contributed by atoms with van der Waals surface area (Å²) in [6.45, 7) is 2.07. The molecule has 0 aliphatic rings. The van der Waals surface area contributed by atoms with Crippen LogP contribution in [-0.4, -0.2) is 19.3 Å². The van der Waals surface area contributed by atoms with Gasteiger partial charge < -0.3 is 10.6 Å². The van der Waals surface area contributed by atoms with Crippen LogP contribution in [-0.2, 0) is 0 Å². The Hall–Kier alpha value is -2.82. The van der Waals surface area contributed by atoms with E-state index >= 15 is 0 Å². The molecule has 0 bridgehead atoms. The molecule has 0 aromatic heterocycles. The highest BCUT2D eigenvalue weighted by atomic mass is 16.2. The standard InChI is InChI=1S/C16H18N4O/c1-12-3-7-14(8-4-12)20(2)15-9-5-13(6-10-15)11-18-19-16(17)21/h3-11H,1-2H3,(H3,17,19,21). The van der Waals surface area contributed by atoms with E-state index in [4.69, 9.17) is 5.73 Å². The third-order valence-corrected chi connectivity index (χ3v) is 3.09. The predicted molar refractivity (Wildman–Crippen MR) is 86.0 cm³/mol. The SMILES string of the molecule is Cc1ccc(N(C)c2ccc(C=NNC(N)=O)cc2)cc1. The van der Waals surface area contributed by atoms with Gasteiger partial charge in [0, 0.05) is 18.4 Å². The molecule has 3 N–H and O–H groups in total. The van der Waals surface area contributed by atoms with E-state index in [1.54, 1.807) is 6.21 Å². The van der Waals surface area contributed by atoms with E-state index in [0.717, 1.165) is 16.9 Å². The number of hydrogen-bond acceptors (Lipinski definition) is 3. The second-order valence-electron chi connectivity index (χ2n) is 4.72. The molecule has 0 aliphatic heterocycles. The minimum absolute atomic E-state index is 0.679. The van der Waals surface area contributed by atoms with Gasteiger partial charge in [0.15, 0.2) is 0 Å². The van der Waals surface area contributed by atoms with E-state index < -0.39 is 6.03 Å². The van der Waals surface area contributed by atoms with Crippen LogP contribution in [0.15, 0.2) is 53.6 Å². The lowest BCUT2D eigenvalue weighted by atomic mass is 10.2. The maximum Gasteiger partial charge on any atom is 0.332 e. The molecule has 5 heteroatoms. The Labute approximate surface area is 124 Å². The number of amides is 2. The van der Waals surface area contributed by atoms with Gasteiger partial charge in [-0.1, -0.05) is 29.8 Å². The number of carbonyl (C=O) groups is 1. The number of anilines is 2. The molecule has 0 radical (unpaired) electrons. The van der Waals surface area contributed by atoms with Crippen molar-refractivity contribution < 1.29 is 4.79 Å². The van der Waals surface area contributed by atoms with Crippen LogP contribution in [0.5, 0.6) is 0 Å². The highest BCUT2D eigenvalue weighted by molar-refractivity contribution is 5.82. The van der Waals surface area contributed by atoms with Gasteiger partial charge in [-0.3, -0.25) is 0 Å². The van der Waals surface area contributed by atoms with Crippen LogP contribution < -0.4 is 16.1 Å². The highest BCUT2D eigenvalue weighted by Crippen LogP contribution is 2.23. The maximum absolute atomic E-state index is 10.5. The summed E-state index contributed by atoms with van der Waals surface area (Å²) in [7, 11) is 2.02. The number of hydrogen-bond donors (Lipinski definition) is 2. The fourth-order valence-electron chi connectivity index (χ4n) is 1.87. The summed E-state index contributed by atoms with van der Waals surface area (Å²) in [6, 6.07) is 15.5. The first-order valence-electron chi connectivity index (χ1n) is 6.55. The molecule has 0 spiro atoms. The Morgan fingerprint density at radius 3 is 2.14 bits per heavy atom. The van der Waals surface area contributed by atoms with Crippen LogP contribution in [0.2, 0.25) is 0 Å². The van der Waals surface area contributed by atoms with Gasteiger partial charge in [-0.05, 0) is 36.8 Å². The molecule has 0 fully saturated rings. The van der Waals surface area contributed by atoms with Crippen molar-refractivity contribution in [2.75, 3.05) is 11.9 Å². The molecular weight excluding hydrogens is 264 g/mol. The molecule has 21 heavy (non-hydrogen) atoms. The van der Waals surface area contributed by atoms with Gasteiger partial charge in [-0.25, -0.2) is 10.2 Å². The number of nitrogens with one attached hydrogen (secondary N) is 1. The Kier molecular flexibility index (Phi) is 4.56. The van der Waals surface area contributed by atoms with E-state index in [9.17, 15) is 4.79 Å².